The number of oxime groups is 1. The van der Waals surface area contributed by atoms with Crippen molar-refractivity contribution in [1.82, 2.24) is 0 Å². The molecule has 0 amide bonds. The summed E-state index contributed by atoms with van der Waals surface area (Å²) >= 11 is 0. The molecule has 0 aliphatic heterocycles. The van der Waals surface area contributed by atoms with Gasteiger partial charge in [-0.3, -0.25) is 5.43 Å². The largest absolute Gasteiger partial charge is 0.461 e. The molecule has 0 aromatic heterocycles. The number of carbonyl (C=O) groups is 1. The number of hydrogen-bond acceptors (Lipinski definition) is 6. The van der Waals surface area contributed by atoms with Gasteiger partial charge in [0.2, 0.25) is 0 Å². The first kappa shape index (κ1) is 14.6. The van der Waals surface area contributed by atoms with Gasteiger partial charge in [0.05, 0.1) is 12.3 Å². The number of rotatable bonds is 5. The molecule has 0 spiro atoms. The van der Waals surface area contributed by atoms with Crippen molar-refractivity contribution in [2.24, 2.45) is 10.3 Å². The van der Waals surface area contributed by atoms with Crippen LogP contribution in [0.3, 0.4) is 0 Å². The summed E-state index contributed by atoms with van der Waals surface area (Å²) in [6.45, 7) is 1.66. The van der Waals surface area contributed by atoms with Crippen LogP contribution in [-0.2, 0) is 9.53 Å². The monoisotopic (exact) mass is 271 g/mol. The fourth-order valence-corrected chi connectivity index (χ4v) is 1.09. The summed E-state index contributed by atoms with van der Waals surface area (Å²) in [6.07, 6.45) is 0.711. The number of carbonyl (C=O) groups excluding carboxylic acids is 1. The molecule has 0 aliphatic carbocycles. The summed E-state index contributed by atoms with van der Waals surface area (Å²) in [5.74, 6) is -2.30. The lowest BCUT2D eigenvalue weighted by Crippen LogP contribution is -2.20. The molecule has 0 atom stereocenters. The van der Waals surface area contributed by atoms with Crippen molar-refractivity contribution in [2.45, 2.75) is 6.92 Å². The molecular formula is C11H11F2N3O3. The molecule has 102 valence electrons. The predicted molar refractivity (Wildman–Crippen MR) is 64.3 cm³/mol. The summed E-state index contributed by atoms with van der Waals surface area (Å²) in [7, 11) is 0. The number of ether oxygens (including phenoxy) is 1. The van der Waals surface area contributed by atoms with Crippen LogP contribution in [-0.4, -0.2) is 29.7 Å². The van der Waals surface area contributed by atoms with Gasteiger partial charge in [0, 0.05) is 6.07 Å². The minimum absolute atomic E-state index is 0.0887. The van der Waals surface area contributed by atoms with Crippen molar-refractivity contribution in [3.8, 4) is 0 Å². The normalized spacial score (nSPS) is 11.6. The minimum atomic E-state index is -0.871. The molecule has 0 heterocycles. The summed E-state index contributed by atoms with van der Waals surface area (Å²) in [4.78, 5) is 11.3. The van der Waals surface area contributed by atoms with Gasteiger partial charge in [0.1, 0.15) is 17.8 Å². The van der Waals surface area contributed by atoms with Crippen LogP contribution in [0.25, 0.3) is 0 Å². The number of nitrogens with one attached hydrogen (secondary N) is 1. The van der Waals surface area contributed by atoms with Gasteiger partial charge in [0.25, 0.3) is 0 Å². The summed E-state index contributed by atoms with van der Waals surface area (Å²) in [5.41, 5.74) is 1.48. The molecule has 0 saturated carbocycles. The Balaban J connectivity index is 2.91. The molecule has 8 heteroatoms. The Morgan fingerprint density at radius 1 is 1.53 bits per heavy atom. The van der Waals surface area contributed by atoms with Crippen LogP contribution >= 0.6 is 0 Å². The van der Waals surface area contributed by atoms with Gasteiger partial charge < -0.3 is 9.94 Å². The predicted octanol–water partition coefficient (Wildman–Crippen LogP) is 1.76. The number of hydrazone groups is 1. The fraction of sp³-hybridized carbons (Fsp3) is 0.182. The first-order valence-corrected chi connectivity index (χ1v) is 5.21. The van der Waals surface area contributed by atoms with E-state index < -0.39 is 23.3 Å². The van der Waals surface area contributed by atoms with E-state index in [1.165, 1.54) is 0 Å². The third kappa shape index (κ3) is 4.34. The van der Waals surface area contributed by atoms with Gasteiger partial charge in [-0.15, -0.1) is 0 Å². The van der Waals surface area contributed by atoms with E-state index in [1.54, 1.807) is 6.92 Å². The van der Waals surface area contributed by atoms with E-state index in [0.717, 1.165) is 18.2 Å². The van der Waals surface area contributed by atoms with Crippen LogP contribution in [0.5, 0.6) is 0 Å². The van der Waals surface area contributed by atoms with E-state index in [-0.39, 0.29) is 12.3 Å². The average Bonchev–Trinajstić information content (AvgIpc) is 2.38. The van der Waals surface area contributed by atoms with Crippen molar-refractivity contribution < 1.29 is 23.5 Å². The highest BCUT2D eigenvalue weighted by molar-refractivity contribution is 6.59. The number of anilines is 1. The van der Waals surface area contributed by atoms with E-state index in [2.05, 4.69) is 20.4 Å². The highest BCUT2D eigenvalue weighted by atomic mass is 19.1. The molecule has 19 heavy (non-hydrogen) atoms. The summed E-state index contributed by atoms with van der Waals surface area (Å²) in [5, 5.41) is 14.5. The Hall–Kier alpha value is -2.51. The molecule has 0 fully saturated rings. The SMILES string of the molecule is CCOC(=O)C(/C=N/O)=N/Nc1cc(F)ccc1F. The molecule has 2 N–H and O–H groups in total. The Labute approximate surface area is 107 Å². The molecule has 1 aromatic carbocycles. The van der Waals surface area contributed by atoms with Crippen LogP contribution in [0.4, 0.5) is 14.5 Å². The highest BCUT2D eigenvalue weighted by Crippen LogP contribution is 2.14. The average molecular weight is 271 g/mol. The molecule has 0 unspecified atom stereocenters. The first-order valence-electron chi connectivity index (χ1n) is 5.21. The Kier molecular flexibility index (Phi) is 5.39. The smallest absolute Gasteiger partial charge is 0.360 e. The third-order valence-corrected chi connectivity index (χ3v) is 1.89. The van der Waals surface area contributed by atoms with Crippen LogP contribution in [0.1, 0.15) is 6.92 Å². The van der Waals surface area contributed by atoms with Crippen molar-refractivity contribution in [2.75, 3.05) is 12.0 Å². The topological polar surface area (TPSA) is 83.3 Å². The van der Waals surface area contributed by atoms with Crippen molar-refractivity contribution in [1.29, 1.82) is 0 Å². The standard InChI is InChI=1S/C11H11F2N3O3/c1-2-19-11(17)10(6-14-18)16-15-9-5-7(12)3-4-8(9)13/h3-6,15,18H,2H2,1H3/b14-6+,16-10+. The van der Waals surface area contributed by atoms with Gasteiger partial charge in [-0.2, -0.15) is 5.10 Å². The maximum absolute atomic E-state index is 13.3. The first-order chi connectivity index (χ1) is 9.08. The fourth-order valence-electron chi connectivity index (χ4n) is 1.09. The molecular weight excluding hydrogens is 260 g/mol. The van der Waals surface area contributed by atoms with E-state index in [1.807, 2.05) is 0 Å². The lowest BCUT2D eigenvalue weighted by molar-refractivity contribution is -0.134. The lowest BCUT2D eigenvalue weighted by Gasteiger charge is -2.04. The zero-order chi connectivity index (χ0) is 14.3. The van der Waals surface area contributed by atoms with E-state index in [0.29, 0.717) is 6.21 Å². The second-order valence-electron chi connectivity index (χ2n) is 3.20. The number of nitrogens with zero attached hydrogens (tertiary/aromatic N) is 2. The minimum Gasteiger partial charge on any atom is -0.461 e. The third-order valence-electron chi connectivity index (χ3n) is 1.89. The zero-order valence-corrected chi connectivity index (χ0v) is 9.93. The van der Waals surface area contributed by atoms with Gasteiger partial charge >= 0.3 is 5.97 Å². The maximum atomic E-state index is 13.3. The van der Waals surface area contributed by atoms with E-state index in [4.69, 9.17) is 5.21 Å². The summed E-state index contributed by atoms with van der Waals surface area (Å²) < 4.78 is 30.8. The molecule has 0 bridgehead atoms. The number of benzene rings is 1. The molecule has 1 aromatic rings. The van der Waals surface area contributed by atoms with Crippen LogP contribution in [0.2, 0.25) is 0 Å². The number of hydrogen-bond donors (Lipinski definition) is 2. The maximum Gasteiger partial charge on any atom is 0.360 e. The molecule has 0 aliphatic rings. The quantitative estimate of drug-likeness (QED) is 0.370. The lowest BCUT2D eigenvalue weighted by atomic mass is 10.3. The van der Waals surface area contributed by atoms with Crippen molar-refractivity contribution >= 4 is 23.6 Å². The van der Waals surface area contributed by atoms with Crippen LogP contribution in [0.15, 0.2) is 28.5 Å². The number of esters is 1. The Bertz CT molecular complexity index is 518. The number of halogens is 2. The molecule has 6 nitrogen and oxygen atoms in total. The zero-order valence-electron chi connectivity index (χ0n) is 9.93. The van der Waals surface area contributed by atoms with E-state index >= 15 is 0 Å². The second-order valence-corrected chi connectivity index (χ2v) is 3.20. The van der Waals surface area contributed by atoms with Crippen molar-refractivity contribution in [3.05, 3.63) is 29.8 Å². The molecule has 0 saturated heterocycles. The molecule has 1 rings (SSSR count). The van der Waals surface area contributed by atoms with Crippen LogP contribution in [0, 0.1) is 11.6 Å². The Morgan fingerprint density at radius 2 is 2.26 bits per heavy atom. The van der Waals surface area contributed by atoms with Gasteiger partial charge in [-0.1, -0.05) is 5.16 Å². The van der Waals surface area contributed by atoms with Gasteiger partial charge in [-0.25, -0.2) is 13.6 Å². The Morgan fingerprint density at radius 3 is 2.89 bits per heavy atom. The molecule has 0 radical (unpaired) electrons. The van der Waals surface area contributed by atoms with Crippen LogP contribution < -0.4 is 5.43 Å². The highest BCUT2D eigenvalue weighted by Gasteiger charge is 2.11. The van der Waals surface area contributed by atoms with Gasteiger partial charge in [0.15, 0.2) is 5.71 Å². The summed E-state index contributed by atoms with van der Waals surface area (Å²) in [6, 6.07) is 2.70. The van der Waals surface area contributed by atoms with Crippen molar-refractivity contribution in [3.63, 3.8) is 0 Å². The second kappa shape index (κ2) is 7.04. The van der Waals surface area contributed by atoms with Gasteiger partial charge in [-0.05, 0) is 19.1 Å². The van der Waals surface area contributed by atoms with E-state index in [9.17, 15) is 13.6 Å².